The second kappa shape index (κ2) is 7.43. The lowest BCUT2D eigenvalue weighted by atomic mass is 10.2. The van der Waals surface area contributed by atoms with Crippen molar-refractivity contribution in [2.24, 2.45) is 5.10 Å². The summed E-state index contributed by atoms with van der Waals surface area (Å²) >= 11 is 4.71. The molecule has 7 heteroatoms. The Hall–Kier alpha value is -2.12. The highest BCUT2D eigenvalue weighted by Gasteiger charge is 2.06. The van der Waals surface area contributed by atoms with Crippen LogP contribution in [0.4, 0.5) is 0 Å². The second-order valence-corrected chi connectivity index (χ2v) is 6.57. The molecular formula is C16H13BrN4OS. The predicted octanol–water partition coefficient (Wildman–Crippen LogP) is 3.57. The Morgan fingerprint density at radius 1 is 1.26 bits per heavy atom. The van der Waals surface area contributed by atoms with E-state index in [2.05, 4.69) is 36.4 Å². The van der Waals surface area contributed by atoms with Gasteiger partial charge in [-0.15, -0.1) is 0 Å². The van der Waals surface area contributed by atoms with Crippen LogP contribution in [0.1, 0.15) is 5.56 Å². The number of nitrogens with zero attached hydrogens (tertiary/aromatic N) is 2. The predicted molar refractivity (Wildman–Crippen MR) is 96.7 cm³/mol. The van der Waals surface area contributed by atoms with Crippen LogP contribution in [0.5, 0.6) is 0 Å². The van der Waals surface area contributed by atoms with Crippen LogP contribution in [0.2, 0.25) is 0 Å². The van der Waals surface area contributed by atoms with E-state index < -0.39 is 0 Å². The zero-order chi connectivity index (χ0) is 16.1. The number of hydrogen-bond donors (Lipinski definition) is 2. The summed E-state index contributed by atoms with van der Waals surface area (Å²) in [5.74, 6) is 0.0705. The molecule has 0 unspecified atom stereocenters. The van der Waals surface area contributed by atoms with Gasteiger partial charge in [-0.2, -0.15) is 5.10 Å². The molecule has 0 spiro atoms. The summed E-state index contributed by atoms with van der Waals surface area (Å²) in [6.07, 6.45) is 1.61. The van der Waals surface area contributed by atoms with Crippen LogP contribution in [-0.2, 0) is 4.79 Å². The van der Waals surface area contributed by atoms with Crippen molar-refractivity contribution in [1.29, 1.82) is 0 Å². The van der Waals surface area contributed by atoms with Crippen LogP contribution in [0.25, 0.3) is 11.0 Å². The summed E-state index contributed by atoms with van der Waals surface area (Å²) in [5, 5.41) is 4.66. The molecule has 0 saturated carbocycles. The van der Waals surface area contributed by atoms with Gasteiger partial charge in [-0.25, -0.2) is 10.4 Å². The van der Waals surface area contributed by atoms with E-state index in [1.807, 2.05) is 48.5 Å². The minimum Gasteiger partial charge on any atom is -0.333 e. The minimum absolute atomic E-state index is 0.177. The van der Waals surface area contributed by atoms with Crippen molar-refractivity contribution >= 4 is 50.8 Å². The SMILES string of the molecule is O=C(CSc1nc2ccccc2[nH]1)N/N=C/c1ccc(Br)cc1. The molecule has 2 N–H and O–H groups in total. The number of para-hydroxylation sites is 2. The number of hydrogen-bond acceptors (Lipinski definition) is 4. The average molecular weight is 389 g/mol. The van der Waals surface area contributed by atoms with E-state index in [0.29, 0.717) is 0 Å². The molecule has 0 radical (unpaired) electrons. The number of halogens is 1. The molecule has 116 valence electrons. The van der Waals surface area contributed by atoms with E-state index in [-0.39, 0.29) is 11.7 Å². The van der Waals surface area contributed by atoms with Gasteiger partial charge in [-0.05, 0) is 29.8 Å². The van der Waals surface area contributed by atoms with E-state index in [9.17, 15) is 4.79 Å². The zero-order valence-corrected chi connectivity index (χ0v) is 14.4. The molecule has 0 aliphatic rings. The molecule has 3 rings (SSSR count). The summed E-state index contributed by atoms with van der Waals surface area (Å²) in [4.78, 5) is 19.4. The van der Waals surface area contributed by atoms with E-state index in [1.165, 1.54) is 11.8 Å². The monoisotopic (exact) mass is 388 g/mol. The van der Waals surface area contributed by atoms with Crippen molar-refractivity contribution in [2.45, 2.75) is 5.16 Å². The first-order valence-corrected chi connectivity index (χ1v) is 8.63. The van der Waals surface area contributed by atoms with Crippen molar-refractivity contribution in [3.63, 3.8) is 0 Å². The maximum absolute atomic E-state index is 11.8. The third kappa shape index (κ3) is 4.43. The van der Waals surface area contributed by atoms with Crippen LogP contribution in [0.3, 0.4) is 0 Å². The van der Waals surface area contributed by atoms with E-state index in [4.69, 9.17) is 0 Å². The number of thioether (sulfide) groups is 1. The van der Waals surface area contributed by atoms with Crippen molar-refractivity contribution in [3.8, 4) is 0 Å². The Balaban J connectivity index is 1.50. The standard InChI is InChI=1S/C16H13BrN4OS/c17-12-7-5-11(6-8-12)9-18-21-15(22)10-23-16-19-13-3-1-2-4-14(13)20-16/h1-9H,10H2,(H,19,20)(H,21,22)/b18-9+. The Bertz CT molecular complexity index is 812. The number of rotatable bonds is 5. The van der Waals surface area contributed by atoms with Crippen molar-refractivity contribution < 1.29 is 4.79 Å². The van der Waals surface area contributed by atoms with Gasteiger partial charge in [0.25, 0.3) is 5.91 Å². The van der Waals surface area contributed by atoms with Crippen LogP contribution in [-0.4, -0.2) is 27.8 Å². The zero-order valence-electron chi connectivity index (χ0n) is 12.0. The quantitative estimate of drug-likeness (QED) is 0.398. The lowest BCUT2D eigenvalue weighted by Gasteiger charge is -1.98. The molecule has 0 atom stereocenters. The normalized spacial score (nSPS) is 11.2. The highest BCUT2D eigenvalue weighted by Crippen LogP contribution is 2.18. The molecule has 0 bridgehead atoms. The van der Waals surface area contributed by atoms with E-state index >= 15 is 0 Å². The van der Waals surface area contributed by atoms with E-state index in [0.717, 1.165) is 26.2 Å². The van der Waals surface area contributed by atoms with Crippen molar-refractivity contribution in [1.82, 2.24) is 15.4 Å². The molecular weight excluding hydrogens is 376 g/mol. The molecule has 23 heavy (non-hydrogen) atoms. The second-order valence-electron chi connectivity index (χ2n) is 4.69. The van der Waals surface area contributed by atoms with Gasteiger partial charge >= 0.3 is 0 Å². The van der Waals surface area contributed by atoms with Gasteiger partial charge in [0.2, 0.25) is 0 Å². The molecule has 1 amide bonds. The van der Waals surface area contributed by atoms with Gasteiger partial charge in [0, 0.05) is 4.47 Å². The van der Waals surface area contributed by atoms with Gasteiger partial charge in [0.1, 0.15) is 0 Å². The van der Waals surface area contributed by atoms with Crippen molar-refractivity contribution in [3.05, 3.63) is 58.6 Å². The largest absolute Gasteiger partial charge is 0.333 e. The van der Waals surface area contributed by atoms with Crippen LogP contribution < -0.4 is 5.43 Å². The smallest absolute Gasteiger partial charge is 0.250 e. The molecule has 3 aromatic rings. The number of fused-ring (bicyclic) bond motifs is 1. The number of H-pyrrole nitrogens is 1. The Morgan fingerprint density at radius 2 is 2.04 bits per heavy atom. The highest BCUT2D eigenvalue weighted by atomic mass is 79.9. The number of carbonyl (C=O) groups excluding carboxylic acids is 1. The first-order valence-electron chi connectivity index (χ1n) is 6.86. The number of carbonyl (C=O) groups is 1. The van der Waals surface area contributed by atoms with Gasteiger partial charge in [0.15, 0.2) is 5.16 Å². The van der Waals surface area contributed by atoms with Gasteiger partial charge in [-0.1, -0.05) is 52.0 Å². The number of nitrogens with one attached hydrogen (secondary N) is 2. The lowest BCUT2D eigenvalue weighted by Crippen LogP contribution is -2.19. The number of imidazole rings is 1. The molecule has 2 aromatic carbocycles. The molecule has 0 fully saturated rings. The van der Waals surface area contributed by atoms with Crippen molar-refractivity contribution in [2.75, 3.05) is 5.75 Å². The molecule has 0 aliphatic heterocycles. The third-order valence-corrected chi connectivity index (χ3v) is 4.38. The van der Waals surface area contributed by atoms with Crippen LogP contribution in [0, 0.1) is 0 Å². The summed E-state index contributed by atoms with van der Waals surface area (Å²) < 4.78 is 1.00. The fraction of sp³-hybridized carbons (Fsp3) is 0.0625. The Morgan fingerprint density at radius 3 is 2.83 bits per heavy atom. The van der Waals surface area contributed by atoms with Crippen LogP contribution in [0.15, 0.2) is 63.3 Å². The lowest BCUT2D eigenvalue weighted by molar-refractivity contribution is -0.118. The third-order valence-electron chi connectivity index (χ3n) is 2.98. The summed E-state index contributed by atoms with van der Waals surface area (Å²) in [6, 6.07) is 15.4. The average Bonchev–Trinajstić information content (AvgIpc) is 2.98. The van der Waals surface area contributed by atoms with E-state index in [1.54, 1.807) is 6.21 Å². The van der Waals surface area contributed by atoms with Gasteiger partial charge in [-0.3, -0.25) is 4.79 Å². The summed E-state index contributed by atoms with van der Waals surface area (Å²) in [7, 11) is 0. The number of amides is 1. The fourth-order valence-corrected chi connectivity index (χ4v) is 2.83. The minimum atomic E-state index is -0.177. The molecule has 0 saturated heterocycles. The number of aromatic nitrogens is 2. The molecule has 1 aromatic heterocycles. The summed E-state index contributed by atoms with van der Waals surface area (Å²) in [6.45, 7) is 0. The Kier molecular flexibility index (Phi) is 5.09. The number of benzene rings is 2. The van der Waals surface area contributed by atoms with Gasteiger partial charge in [0.05, 0.1) is 23.0 Å². The molecule has 0 aliphatic carbocycles. The Labute approximate surface area is 145 Å². The maximum atomic E-state index is 11.8. The maximum Gasteiger partial charge on any atom is 0.250 e. The first kappa shape index (κ1) is 15.8. The summed E-state index contributed by atoms with van der Waals surface area (Å²) in [5.41, 5.74) is 5.28. The number of hydrazone groups is 1. The molecule has 5 nitrogen and oxygen atoms in total. The topological polar surface area (TPSA) is 70.1 Å². The fourth-order valence-electron chi connectivity index (χ4n) is 1.89. The van der Waals surface area contributed by atoms with Crippen LogP contribution >= 0.6 is 27.7 Å². The number of aromatic amines is 1. The highest BCUT2D eigenvalue weighted by molar-refractivity contribution is 9.10. The molecule has 1 heterocycles. The first-order chi connectivity index (χ1) is 11.2. The van der Waals surface area contributed by atoms with Gasteiger partial charge < -0.3 is 4.98 Å².